The van der Waals surface area contributed by atoms with Gasteiger partial charge in [-0.05, 0) is 97.0 Å². The Bertz CT molecular complexity index is 3290. The predicted molar refractivity (Wildman–Crippen MR) is 218 cm³/mol. The first-order valence-corrected chi connectivity index (χ1v) is 16.5. The fraction of sp³-hybridized carbons (Fsp3) is 0. The zero-order valence-electron chi connectivity index (χ0n) is 40.1. The molecule has 1 heteroatoms. The fourth-order valence-corrected chi connectivity index (χ4v) is 6.42. The Labute approximate surface area is 317 Å². The largest absolute Gasteiger partial charge is 0.310 e. The van der Waals surface area contributed by atoms with E-state index in [0.29, 0.717) is 11.4 Å². The highest BCUT2D eigenvalue weighted by molar-refractivity contribution is 6.00. The van der Waals surface area contributed by atoms with Gasteiger partial charge in [-0.25, -0.2) is 0 Å². The molecule has 0 fully saturated rings. The normalized spacial score (nSPS) is 14.7. The number of hydrogen-bond donors (Lipinski definition) is 0. The van der Waals surface area contributed by atoms with Crippen LogP contribution in [0.1, 0.15) is 17.8 Å². The third kappa shape index (κ3) is 5.96. The van der Waals surface area contributed by atoms with Gasteiger partial charge in [0.1, 0.15) is 0 Å². The van der Waals surface area contributed by atoms with Gasteiger partial charge in [-0.2, -0.15) is 0 Å². The second-order valence-electron chi connectivity index (χ2n) is 12.0. The zero-order chi connectivity index (χ0) is 45.3. The molecule has 0 radical (unpaired) electrons. The lowest BCUT2D eigenvalue weighted by Gasteiger charge is -2.27. The quantitative estimate of drug-likeness (QED) is 0.164. The number of rotatable bonds is 7. The van der Waals surface area contributed by atoms with Gasteiger partial charge in [0.15, 0.2) is 0 Å². The van der Waals surface area contributed by atoms with E-state index in [1.54, 1.807) is 4.90 Å². The minimum absolute atomic E-state index is 0.119. The van der Waals surface area contributed by atoms with Crippen LogP contribution in [-0.4, -0.2) is 0 Å². The maximum Gasteiger partial charge on any atom is 0.0645 e. The van der Waals surface area contributed by atoms with Crippen LogP contribution in [0.2, 0.25) is 0 Å². The van der Waals surface area contributed by atoms with E-state index >= 15 is 0 Å². The van der Waals surface area contributed by atoms with Gasteiger partial charge in [0.25, 0.3) is 0 Å². The lowest BCUT2D eigenvalue weighted by Crippen LogP contribution is -2.10. The molecule has 0 atom stereocenters. The van der Waals surface area contributed by atoms with Crippen molar-refractivity contribution in [3.8, 4) is 44.5 Å². The number of benzene rings is 9. The van der Waals surface area contributed by atoms with Crippen LogP contribution in [0.25, 0.3) is 66.1 Å². The van der Waals surface area contributed by atoms with Crippen molar-refractivity contribution in [2.45, 2.75) is 0 Å². The first-order valence-electron chi connectivity index (χ1n) is 23.0. The monoisotopic (exact) mass is 662 g/mol. The lowest BCUT2D eigenvalue weighted by atomic mass is 9.95. The van der Waals surface area contributed by atoms with Crippen LogP contribution in [0.5, 0.6) is 0 Å². The van der Waals surface area contributed by atoms with Gasteiger partial charge in [-0.15, -0.1) is 0 Å². The van der Waals surface area contributed by atoms with Crippen molar-refractivity contribution in [2.75, 3.05) is 4.90 Å². The molecule has 0 amide bonds. The molecule has 9 aromatic rings. The van der Waals surface area contributed by atoms with Crippen molar-refractivity contribution >= 4 is 38.6 Å². The summed E-state index contributed by atoms with van der Waals surface area (Å²) in [4.78, 5) is 1.65. The molecule has 0 unspecified atom stereocenters. The Morgan fingerprint density at radius 2 is 0.863 bits per heavy atom. The maximum absolute atomic E-state index is 9.49. The van der Waals surface area contributed by atoms with Crippen molar-refractivity contribution in [3.63, 3.8) is 0 Å². The molecular weight excluding hydrogens is 615 g/mol. The van der Waals surface area contributed by atoms with Gasteiger partial charge in [0, 0.05) is 16.8 Å². The second-order valence-corrected chi connectivity index (χ2v) is 12.0. The Morgan fingerprint density at radius 3 is 1.57 bits per heavy atom. The van der Waals surface area contributed by atoms with Crippen LogP contribution in [0.3, 0.4) is 0 Å². The molecular formula is C50H35N. The lowest BCUT2D eigenvalue weighted by molar-refractivity contribution is 1.30. The van der Waals surface area contributed by atoms with Crippen LogP contribution in [-0.2, 0) is 0 Å². The summed E-state index contributed by atoms with van der Waals surface area (Å²) >= 11 is 0. The van der Waals surface area contributed by atoms with E-state index < -0.39 is 101 Å². The van der Waals surface area contributed by atoms with E-state index in [4.69, 9.17) is 12.3 Å². The second kappa shape index (κ2) is 13.3. The zero-order valence-corrected chi connectivity index (χ0v) is 27.1. The molecule has 0 N–H and O–H groups in total. The first kappa shape index (κ1) is 19.5. The van der Waals surface area contributed by atoms with Crippen LogP contribution >= 0.6 is 0 Å². The highest BCUT2D eigenvalue weighted by atomic mass is 15.1. The van der Waals surface area contributed by atoms with Crippen LogP contribution in [0.15, 0.2) is 212 Å². The maximum atomic E-state index is 9.49. The van der Waals surface area contributed by atoms with Crippen LogP contribution in [0, 0.1) is 0 Å². The summed E-state index contributed by atoms with van der Waals surface area (Å²) in [5.74, 6) is 0. The number of hydrogen-bond acceptors (Lipinski definition) is 1. The molecule has 0 saturated carbocycles. The summed E-state index contributed by atoms with van der Waals surface area (Å²) in [7, 11) is 0. The van der Waals surface area contributed by atoms with Crippen molar-refractivity contribution in [2.24, 2.45) is 0 Å². The number of nitrogens with zero attached hydrogens (tertiary/aromatic N) is 1. The third-order valence-corrected chi connectivity index (χ3v) is 8.89. The van der Waals surface area contributed by atoms with E-state index in [2.05, 4.69) is 36.4 Å². The topological polar surface area (TPSA) is 3.24 Å². The van der Waals surface area contributed by atoms with E-state index in [9.17, 15) is 5.48 Å². The van der Waals surface area contributed by atoms with Gasteiger partial charge >= 0.3 is 0 Å². The Balaban J connectivity index is 1.20. The molecule has 51 heavy (non-hydrogen) atoms. The average Bonchev–Trinajstić information content (AvgIpc) is 3.32. The minimum Gasteiger partial charge on any atom is -0.310 e. The third-order valence-electron chi connectivity index (χ3n) is 8.89. The summed E-state index contributed by atoms with van der Waals surface area (Å²) in [6.07, 6.45) is 0. The highest BCUT2D eigenvalue weighted by Gasteiger charge is 2.16. The Kier molecular flexibility index (Phi) is 5.08. The Hall–Kier alpha value is -6.70. The predicted octanol–water partition coefficient (Wildman–Crippen LogP) is 14.1. The molecule has 0 saturated heterocycles. The standard InChI is InChI=1S/C50H35N/c1-2-11-36(12-3-1)37-23-25-38(26-24-37)39-27-31-45(32-28-39)51(50-22-10-16-42-14-5-7-20-49(42)50)46-33-29-40(30-34-46)43-17-8-18-44(35-43)48-21-9-15-41-13-4-6-19-47(41)48/h1-35H/i1D,2D,3D,11D,12D,23D,24D,25D,26D,27D,28D,31D,32D. The van der Waals surface area contributed by atoms with Crippen molar-refractivity contribution in [3.05, 3.63) is 212 Å². The first-order chi connectivity index (χ1) is 30.7. The van der Waals surface area contributed by atoms with Gasteiger partial charge in [0.2, 0.25) is 0 Å². The summed E-state index contributed by atoms with van der Waals surface area (Å²) in [6.45, 7) is 0. The molecule has 0 spiro atoms. The summed E-state index contributed by atoms with van der Waals surface area (Å²) in [6, 6.07) is 34.5. The van der Waals surface area contributed by atoms with Crippen molar-refractivity contribution < 1.29 is 17.8 Å². The molecule has 1 nitrogen and oxygen atoms in total. The van der Waals surface area contributed by atoms with Crippen molar-refractivity contribution in [1.82, 2.24) is 0 Å². The van der Waals surface area contributed by atoms with E-state index in [-0.39, 0.29) is 5.69 Å². The van der Waals surface area contributed by atoms with Crippen LogP contribution < -0.4 is 4.90 Å². The van der Waals surface area contributed by atoms with Crippen molar-refractivity contribution in [1.29, 1.82) is 0 Å². The SMILES string of the molecule is [2H]c1c([2H])c([2H])c(-c2c([2H])c([2H])c(-c3c([2H])c([2H])c(N(c4ccc(-c5cccc(-c6cccc7ccccc67)c5)cc4)c4cccc5ccccc45)c([2H])c3[2H])c([2H])c2[2H])c([2H])c1[2H]. The molecule has 240 valence electrons. The molecule has 0 aliphatic heterocycles. The summed E-state index contributed by atoms with van der Waals surface area (Å²) < 4.78 is 115. The van der Waals surface area contributed by atoms with Gasteiger partial charge in [-0.3, -0.25) is 0 Å². The molecule has 0 aromatic heterocycles. The molecule has 9 rings (SSSR count). The fourth-order valence-electron chi connectivity index (χ4n) is 6.42. The minimum atomic E-state index is -0.768. The van der Waals surface area contributed by atoms with Gasteiger partial charge in [-0.1, -0.05) is 176 Å². The van der Waals surface area contributed by atoms with Gasteiger partial charge < -0.3 is 4.90 Å². The molecule has 9 aromatic carbocycles. The number of anilines is 3. The molecule has 0 heterocycles. The number of fused-ring (bicyclic) bond motifs is 2. The highest BCUT2D eigenvalue weighted by Crippen LogP contribution is 2.41. The smallest absolute Gasteiger partial charge is 0.0645 e. The molecule has 0 aliphatic carbocycles. The average molecular weight is 663 g/mol. The molecule has 0 bridgehead atoms. The van der Waals surface area contributed by atoms with Gasteiger partial charge in [0.05, 0.1) is 23.5 Å². The van der Waals surface area contributed by atoms with E-state index in [1.807, 2.05) is 97.1 Å². The van der Waals surface area contributed by atoms with E-state index in [0.717, 1.165) is 43.8 Å². The van der Waals surface area contributed by atoms with E-state index in [1.165, 1.54) is 0 Å². The van der Waals surface area contributed by atoms with Crippen LogP contribution in [0.4, 0.5) is 17.1 Å². The molecule has 0 aliphatic rings. The Morgan fingerprint density at radius 1 is 0.333 bits per heavy atom. The summed E-state index contributed by atoms with van der Waals surface area (Å²) in [5.41, 5.74) is 2.88. The summed E-state index contributed by atoms with van der Waals surface area (Å²) in [5, 5.41) is 3.90.